The molecule has 144 valence electrons. The molecule has 0 aliphatic heterocycles. The highest BCUT2D eigenvalue weighted by atomic mass is 32.2. The van der Waals surface area contributed by atoms with Gasteiger partial charge in [-0.05, 0) is 55.3 Å². The van der Waals surface area contributed by atoms with Crippen LogP contribution in [0.15, 0.2) is 29.3 Å². The molecule has 1 aromatic heterocycles. The molecular weight excluding hydrogens is 373 g/mol. The van der Waals surface area contributed by atoms with Crippen LogP contribution in [0.25, 0.3) is 11.3 Å². The lowest BCUT2D eigenvalue weighted by molar-refractivity contribution is -0.138. The van der Waals surface area contributed by atoms with Gasteiger partial charge in [0.1, 0.15) is 16.8 Å². The number of aryl methyl sites for hydroxylation is 1. The zero-order chi connectivity index (χ0) is 20.2. The monoisotopic (exact) mass is 394 g/mol. The molecule has 0 saturated carbocycles. The molecule has 1 aromatic carbocycles. The average Bonchev–Trinajstić information content (AvgIpc) is 2.60. The van der Waals surface area contributed by atoms with Crippen molar-refractivity contribution in [2.75, 3.05) is 12.9 Å². The van der Waals surface area contributed by atoms with Crippen molar-refractivity contribution in [1.82, 2.24) is 4.98 Å². The van der Waals surface area contributed by atoms with Crippen molar-refractivity contribution in [2.45, 2.75) is 38.4 Å². The fraction of sp³-hybridized carbons (Fsp3) is 0.400. The fourth-order valence-electron chi connectivity index (χ4n) is 2.52. The van der Waals surface area contributed by atoms with Crippen molar-refractivity contribution in [3.63, 3.8) is 0 Å². The predicted octanol–water partition coefficient (Wildman–Crippen LogP) is 6.09. The van der Waals surface area contributed by atoms with Crippen LogP contribution in [-0.4, -0.2) is 17.8 Å². The maximum Gasteiger partial charge on any atom is 0.417 e. The van der Waals surface area contributed by atoms with Crippen molar-refractivity contribution < 1.29 is 17.9 Å². The second kappa shape index (κ2) is 8.66. The Balaban J connectivity index is 2.43. The van der Waals surface area contributed by atoms with Gasteiger partial charge in [0.2, 0.25) is 0 Å². The number of hydrogen-bond acceptors (Lipinski definition) is 4. The Bertz CT molecular complexity index is 858. The zero-order valence-corrected chi connectivity index (χ0v) is 16.5. The summed E-state index contributed by atoms with van der Waals surface area (Å²) < 4.78 is 45.9. The van der Waals surface area contributed by atoms with Crippen molar-refractivity contribution >= 4 is 11.8 Å². The Labute approximate surface area is 161 Å². The summed E-state index contributed by atoms with van der Waals surface area (Å²) in [5, 5.41) is 9.20. The van der Waals surface area contributed by atoms with E-state index in [9.17, 15) is 13.2 Å². The minimum atomic E-state index is -4.62. The Hall–Kier alpha value is -2.20. The van der Waals surface area contributed by atoms with Crippen molar-refractivity contribution in [2.24, 2.45) is 5.92 Å². The summed E-state index contributed by atoms with van der Waals surface area (Å²) in [6.07, 6.45) is -2.10. The highest BCUT2D eigenvalue weighted by Crippen LogP contribution is 2.38. The highest BCUT2D eigenvalue weighted by Gasteiger charge is 2.36. The van der Waals surface area contributed by atoms with E-state index in [1.165, 1.54) is 0 Å². The molecule has 0 spiro atoms. The van der Waals surface area contributed by atoms with Gasteiger partial charge >= 0.3 is 6.18 Å². The molecule has 0 unspecified atom stereocenters. The Kier molecular flexibility index (Phi) is 6.77. The van der Waals surface area contributed by atoms with E-state index in [1.807, 2.05) is 6.92 Å². The number of hydrogen-bond donors (Lipinski definition) is 0. The molecule has 0 amide bonds. The van der Waals surface area contributed by atoms with Crippen LogP contribution >= 0.6 is 11.8 Å². The van der Waals surface area contributed by atoms with Gasteiger partial charge in [0.15, 0.2) is 0 Å². The first kappa shape index (κ1) is 21.1. The highest BCUT2D eigenvalue weighted by molar-refractivity contribution is 7.98. The van der Waals surface area contributed by atoms with Gasteiger partial charge < -0.3 is 4.74 Å². The lowest BCUT2D eigenvalue weighted by Gasteiger charge is -2.15. The molecule has 2 aromatic rings. The normalized spacial score (nSPS) is 11.5. The largest absolute Gasteiger partial charge is 0.493 e. The average molecular weight is 394 g/mol. The number of rotatable bonds is 6. The minimum absolute atomic E-state index is 0.0669. The zero-order valence-electron chi connectivity index (χ0n) is 15.6. The SMILES string of the molecule is CSc1nc(-c2ccc(OCCC(C)C)c(C)c2)cc(C(F)(F)F)c1C#N. The molecule has 0 N–H and O–H groups in total. The maximum absolute atomic E-state index is 13.4. The van der Waals surface area contributed by atoms with E-state index in [4.69, 9.17) is 10.00 Å². The minimum Gasteiger partial charge on any atom is -0.493 e. The topological polar surface area (TPSA) is 45.9 Å². The summed E-state index contributed by atoms with van der Waals surface area (Å²) in [4.78, 5) is 4.26. The standard InChI is InChI=1S/C20H21F3N2OS/c1-12(2)7-8-26-18-6-5-14(9-13(18)3)17-10-16(20(21,22)23)15(11-24)19(25-17)27-4/h5-6,9-10,12H,7-8H2,1-4H3. The van der Waals surface area contributed by atoms with E-state index in [1.54, 1.807) is 30.5 Å². The number of halogens is 3. The van der Waals surface area contributed by atoms with Crippen LogP contribution in [0.1, 0.15) is 37.0 Å². The number of pyridine rings is 1. The number of nitriles is 1. The maximum atomic E-state index is 13.4. The number of aromatic nitrogens is 1. The lowest BCUT2D eigenvalue weighted by Crippen LogP contribution is -2.10. The fourth-order valence-corrected chi connectivity index (χ4v) is 3.07. The Morgan fingerprint density at radius 2 is 1.96 bits per heavy atom. The van der Waals surface area contributed by atoms with Gasteiger partial charge in [-0.1, -0.05) is 13.8 Å². The molecular formula is C20H21F3N2OS. The number of nitrogens with zero attached hydrogens (tertiary/aromatic N) is 2. The molecule has 0 aliphatic carbocycles. The molecule has 0 aliphatic rings. The molecule has 0 radical (unpaired) electrons. The third-order valence-electron chi connectivity index (χ3n) is 4.02. The van der Waals surface area contributed by atoms with Crippen LogP contribution in [0.2, 0.25) is 0 Å². The lowest BCUT2D eigenvalue weighted by atomic mass is 10.0. The van der Waals surface area contributed by atoms with Crippen LogP contribution in [0, 0.1) is 24.2 Å². The summed E-state index contributed by atoms with van der Waals surface area (Å²) in [6.45, 7) is 6.65. The summed E-state index contributed by atoms with van der Waals surface area (Å²) in [5.74, 6) is 1.23. The van der Waals surface area contributed by atoms with E-state index in [2.05, 4.69) is 18.8 Å². The van der Waals surface area contributed by atoms with E-state index >= 15 is 0 Å². The van der Waals surface area contributed by atoms with Gasteiger partial charge in [-0.3, -0.25) is 0 Å². The molecule has 0 bridgehead atoms. The first-order valence-electron chi connectivity index (χ1n) is 8.47. The summed E-state index contributed by atoms with van der Waals surface area (Å²) in [5.41, 5.74) is 0.150. The number of benzene rings is 1. The molecule has 27 heavy (non-hydrogen) atoms. The molecule has 0 atom stereocenters. The molecule has 7 heteroatoms. The third-order valence-corrected chi connectivity index (χ3v) is 4.70. The van der Waals surface area contributed by atoms with Crippen molar-refractivity contribution in [3.05, 3.63) is 41.0 Å². The van der Waals surface area contributed by atoms with Gasteiger partial charge in [-0.25, -0.2) is 4.98 Å². The van der Waals surface area contributed by atoms with E-state index in [0.29, 0.717) is 23.8 Å². The van der Waals surface area contributed by atoms with Crippen LogP contribution in [0.4, 0.5) is 13.2 Å². The van der Waals surface area contributed by atoms with Crippen LogP contribution < -0.4 is 4.74 Å². The van der Waals surface area contributed by atoms with Crippen molar-refractivity contribution in [1.29, 1.82) is 5.26 Å². The van der Waals surface area contributed by atoms with Gasteiger partial charge in [-0.15, -0.1) is 11.8 Å². The number of thioether (sulfide) groups is 1. The smallest absolute Gasteiger partial charge is 0.417 e. The third kappa shape index (κ3) is 5.16. The van der Waals surface area contributed by atoms with Gasteiger partial charge in [0.05, 0.1) is 23.4 Å². The Morgan fingerprint density at radius 1 is 1.26 bits per heavy atom. The Morgan fingerprint density at radius 3 is 2.48 bits per heavy atom. The van der Waals surface area contributed by atoms with Gasteiger partial charge in [0.25, 0.3) is 0 Å². The van der Waals surface area contributed by atoms with Gasteiger partial charge in [0, 0.05) is 5.56 Å². The quantitative estimate of drug-likeness (QED) is 0.556. The van der Waals surface area contributed by atoms with E-state index in [0.717, 1.165) is 29.8 Å². The molecule has 0 fully saturated rings. The molecule has 2 rings (SSSR count). The number of alkyl halides is 3. The van der Waals surface area contributed by atoms with Crippen molar-refractivity contribution in [3.8, 4) is 23.1 Å². The second-order valence-electron chi connectivity index (χ2n) is 6.56. The summed E-state index contributed by atoms with van der Waals surface area (Å²) in [7, 11) is 0. The second-order valence-corrected chi connectivity index (χ2v) is 7.36. The van der Waals surface area contributed by atoms with Gasteiger partial charge in [-0.2, -0.15) is 18.4 Å². The molecule has 1 heterocycles. The first-order valence-corrected chi connectivity index (χ1v) is 9.70. The first-order chi connectivity index (χ1) is 12.7. The van der Waals surface area contributed by atoms with Crippen LogP contribution in [0.5, 0.6) is 5.75 Å². The summed E-state index contributed by atoms with van der Waals surface area (Å²) >= 11 is 1.02. The van der Waals surface area contributed by atoms with Crippen LogP contribution in [-0.2, 0) is 6.18 Å². The predicted molar refractivity (Wildman–Crippen MR) is 101 cm³/mol. The number of ether oxygens (including phenoxy) is 1. The van der Waals surface area contributed by atoms with E-state index in [-0.39, 0.29) is 10.7 Å². The van der Waals surface area contributed by atoms with Crippen LogP contribution in [0.3, 0.4) is 0 Å². The summed E-state index contributed by atoms with van der Waals surface area (Å²) in [6, 6.07) is 7.76. The molecule has 3 nitrogen and oxygen atoms in total. The molecule has 0 saturated heterocycles. The van der Waals surface area contributed by atoms with E-state index < -0.39 is 17.3 Å².